The number of hydrogen-bond acceptors (Lipinski definition) is 8. The van der Waals surface area contributed by atoms with Crippen LogP contribution in [-0.2, 0) is 30.6 Å². The van der Waals surface area contributed by atoms with E-state index >= 15 is 4.39 Å². The minimum atomic E-state index is -5.64. The molecule has 0 heterocycles. The molecule has 0 aromatic heterocycles. The van der Waals surface area contributed by atoms with E-state index in [0.29, 0.717) is 36.1 Å². The number of hydrogen-bond donors (Lipinski definition) is 2. The molecule has 2 N–H and O–H groups in total. The summed E-state index contributed by atoms with van der Waals surface area (Å²) in [6.45, 7) is 5.32. The predicted molar refractivity (Wildman–Crippen MR) is 183 cm³/mol. The number of rotatable bonds is 11. The van der Waals surface area contributed by atoms with E-state index in [0.717, 1.165) is 30.7 Å². The third-order valence-electron chi connectivity index (χ3n) is 9.38. The highest BCUT2D eigenvalue weighted by atomic mass is 32.2. The summed E-state index contributed by atoms with van der Waals surface area (Å²) >= 11 is 0. The van der Waals surface area contributed by atoms with Gasteiger partial charge in [0.1, 0.15) is 22.9 Å². The molecule has 2 aliphatic rings. The van der Waals surface area contributed by atoms with Gasteiger partial charge in [0.25, 0.3) is 15.7 Å². The van der Waals surface area contributed by atoms with Crippen molar-refractivity contribution in [1.82, 2.24) is 5.32 Å². The maximum absolute atomic E-state index is 15.5. The number of alkyl halides is 3. The van der Waals surface area contributed by atoms with Crippen LogP contribution >= 0.6 is 0 Å². The molecule has 3 aromatic carbocycles. The van der Waals surface area contributed by atoms with Crippen LogP contribution in [-0.4, -0.2) is 57.6 Å². The lowest BCUT2D eigenvalue weighted by Gasteiger charge is -2.31. The lowest BCUT2D eigenvalue weighted by atomic mass is 9.83. The first kappa shape index (κ1) is 38.6. The topological polar surface area (TPSA) is 137 Å². The molecule has 0 aliphatic heterocycles. The molecule has 0 unspecified atom stereocenters. The number of nitrogens with one attached hydrogen (secondary N) is 2. The van der Waals surface area contributed by atoms with Gasteiger partial charge >= 0.3 is 11.5 Å². The number of methoxy groups -OCH3 is 2. The van der Waals surface area contributed by atoms with Crippen LogP contribution < -0.4 is 20.1 Å². The van der Waals surface area contributed by atoms with Gasteiger partial charge in [-0.25, -0.2) is 12.8 Å². The molecule has 2 aliphatic carbocycles. The number of anilines is 1. The van der Waals surface area contributed by atoms with E-state index in [4.69, 9.17) is 14.2 Å². The first-order valence-electron chi connectivity index (χ1n) is 16.6. The Hall–Kier alpha value is -4.66. The third-order valence-corrected chi connectivity index (χ3v) is 10.9. The monoisotopic (exact) mass is 748 g/mol. The fraction of sp³-hybridized carbons (Fsp3) is 0.432. The summed E-state index contributed by atoms with van der Waals surface area (Å²) in [7, 11) is -2.91. The van der Waals surface area contributed by atoms with E-state index in [-0.39, 0.29) is 46.8 Å². The van der Waals surface area contributed by atoms with E-state index in [9.17, 15) is 36.0 Å². The van der Waals surface area contributed by atoms with E-state index in [1.807, 2.05) is 0 Å². The van der Waals surface area contributed by atoms with Crippen molar-refractivity contribution in [2.45, 2.75) is 74.9 Å². The average Bonchev–Trinajstić information content (AvgIpc) is 3.68. The van der Waals surface area contributed by atoms with Gasteiger partial charge in [0, 0.05) is 29.8 Å². The number of ether oxygens (including phenoxy) is 3. The van der Waals surface area contributed by atoms with Gasteiger partial charge in [-0.15, -0.1) is 0 Å². The molecule has 0 radical (unpaired) electrons. The van der Waals surface area contributed by atoms with Crippen LogP contribution in [0.5, 0.6) is 11.5 Å². The maximum atomic E-state index is 15.5. The second-order valence-electron chi connectivity index (χ2n) is 14.0. The summed E-state index contributed by atoms with van der Waals surface area (Å²) in [5.74, 6) is -2.90. The van der Waals surface area contributed by atoms with Crippen LogP contribution in [0.3, 0.4) is 0 Å². The number of amides is 2. The predicted octanol–water partition coefficient (Wildman–Crippen LogP) is 6.86. The van der Waals surface area contributed by atoms with Crippen molar-refractivity contribution in [1.29, 1.82) is 0 Å². The molecule has 0 saturated heterocycles. The van der Waals surface area contributed by atoms with Crippen LogP contribution in [0.4, 0.5) is 23.2 Å². The molecule has 10 nitrogen and oxygen atoms in total. The second-order valence-corrected chi connectivity index (χ2v) is 15.9. The van der Waals surface area contributed by atoms with Gasteiger partial charge in [-0.1, -0.05) is 18.2 Å². The van der Waals surface area contributed by atoms with Crippen molar-refractivity contribution in [3.63, 3.8) is 0 Å². The number of carbonyl (C=O) groups excluding carboxylic acids is 3. The zero-order valence-electron chi connectivity index (χ0n) is 29.2. The largest absolute Gasteiger partial charge is 0.501 e. The van der Waals surface area contributed by atoms with Gasteiger partial charge in [0.15, 0.2) is 0 Å². The first-order chi connectivity index (χ1) is 24.3. The summed E-state index contributed by atoms with van der Waals surface area (Å²) in [4.78, 5) is 38.7. The minimum absolute atomic E-state index is 0.00106. The Labute approximate surface area is 299 Å². The lowest BCUT2D eigenvalue weighted by molar-refractivity contribution is -0.154. The number of fused-ring (bicyclic) bond motifs is 2. The standard InChI is InChI=1S/C37H40F4N2O8S/c1-36(2,3)51-31(44)14-13-20-9-10-21(16-29(20)49-4)26-18-27(30(50-5)19-28(26)38)34(45)43-33-23-12-11-22(15-23)32(33)35(46)42-24-7-6-8-25(17-24)52(47,48)37(39,40)41/h6-10,16-19,22-23,32-33H,11-15H2,1-5H3,(H,42,46)(H,43,45)/t22-,23+,32+,33-/m1/s1. The fourth-order valence-electron chi connectivity index (χ4n) is 7.08. The Balaban J connectivity index is 1.37. The SMILES string of the molecule is COc1cc(-c2cc(C(=O)N[C@@H]3[C@H]4CC[C@H](C4)[C@@H]3C(=O)Nc3cccc(S(=O)(=O)C(F)(F)F)c3)c(OC)cc2F)ccc1CCC(=O)OC(C)(C)C. The molecule has 3 aromatic rings. The molecule has 2 fully saturated rings. The highest BCUT2D eigenvalue weighted by molar-refractivity contribution is 7.92. The van der Waals surface area contributed by atoms with E-state index in [1.54, 1.807) is 39.0 Å². The number of benzene rings is 3. The Morgan fingerprint density at radius 3 is 2.25 bits per heavy atom. The Morgan fingerprint density at radius 2 is 1.60 bits per heavy atom. The molecule has 52 heavy (non-hydrogen) atoms. The summed E-state index contributed by atoms with van der Waals surface area (Å²) in [5, 5.41) is 5.47. The Morgan fingerprint density at radius 1 is 0.904 bits per heavy atom. The van der Waals surface area contributed by atoms with Crippen molar-refractivity contribution in [3.05, 3.63) is 71.5 Å². The van der Waals surface area contributed by atoms with Crippen LogP contribution in [0, 0.1) is 23.6 Å². The maximum Gasteiger partial charge on any atom is 0.501 e. The number of halogens is 4. The summed E-state index contributed by atoms with van der Waals surface area (Å²) in [5.41, 5.74) is -5.14. The van der Waals surface area contributed by atoms with E-state index in [1.165, 1.54) is 26.4 Å². The van der Waals surface area contributed by atoms with Crippen molar-refractivity contribution in [3.8, 4) is 22.6 Å². The molecule has 5 rings (SSSR count). The molecular formula is C37H40F4N2O8S. The third kappa shape index (κ3) is 8.19. The van der Waals surface area contributed by atoms with Crippen molar-refractivity contribution in [2.24, 2.45) is 17.8 Å². The Kier molecular flexibility index (Phi) is 10.9. The molecule has 2 bridgehead atoms. The summed E-state index contributed by atoms with van der Waals surface area (Å²) < 4.78 is 95.1. The van der Waals surface area contributed by atoms with Crippen molar-refractivity contribution >= 4 is 33.3 Å². The molecule has 4 atom stereocenters. The first-order valence-corrected chi connectivity index (χ1v) is 18.1. The quantitative estimate of drug-likeness (QED) is 0.160. The molecule has 2 amide bonds. The number of aryl methyl sites for hydroxylation is 1. The highest BCUT2D eigenvalue weighted by Gasteiger charge is 2.52. The van der Waals surface area contributed by atoms with Gasteiger partial charge in [-0.3, -0.25) is 14.4 Å². The summed E-state index contributed by atoms with van der Waals surface area (Å²) in [6.07, 6.45) is 2.45. The molecule has 2 saturated carbocycles. The molecular weight excluding hydrogens is 708 g/mol. The highest BCUT2D eigenvalue weighted by Crippen LogP contribution is 2.49. The fourth-order valence-corrected chi connectivity index (χ4v) is 7.88. The van der Waals surface area contributed by atoms with Gasteiger partial charge in [0.05, 0.1) is 30.6 Å². The van der Waals surface area contributed by atoms with Gasteiger partial charge in [0.2, 0.25) is 5.91 Å². The van der Waals surface area contributed by atoms with Crippen molar-refractivity contribution < 1.29 is 54.6 Å². The normalized spacial score (nSPS) is 19.9. The zero-order chi connectivity index (χ0) is 38.2. The molecule has 0 spiro atoms. The number of esters is 1. The zero-order valence-corrected chi connectivity index (χ0v) is 30.0. The van der Waals surface area contributed by atoms with E-state index < -0.39 is 55.4 Å². The van der Waals surface area contributed by atoms with Gasteiger partial charge < -0.3 is 24.8 Å². The van der Waals surface area contributed by atoms with Crippen LogP contribution in [0.15, 0.2) is 59.5 Å². The minimum Gasteiger partial charge on any atom is -0.496 e. The van der Waals surface area contributed by atoms with Crippen LogP contribution in [0.1, 0.15) is 62.4 Å². The lowest BCUT2D eigenvalue weighted by Crippen LogP contribution is -2.48. The van der Waals surface area contributed by atoms with Gasteiger partial charge in [-0.05, 0) is 99.7 Å². The second kappa shape index (κ2) is 14.8. The number of carbonyl (C=O) groups is 3. The van der Waals surface area contributed by atoms with Crippen molar-refractivity contribution in [2.75, 3.05) is 19.5 Å². The molecule has 15 heteroatoms. The Bertz CT molecular complexity index is 1980. The summed E-state index contributed by atoms with van der Waals surface area (Å²) in [6, 6.07) is 10.6. The smallest absolute Gasteiger partial charge is 0.496 e. The van der Waals surface area contributed by atoms with Crippen LogP contribution in [0.25, 0.3) is 11.1 Å². The van der Waals surface area contributed by atoms with E-state index in [2.05, 4.69) is 10.6 Å². The van der Waals surface area contributed by atoms with Gasteiger partial charge in [-0.2, -0.15) is 13.2 Å². The van der Waals surface area contributed by atoms with Crippen LogP contribution in [0.2, 0.25) is 0 Å². The number of sulfone groups is 1. The molecule has 280 valence electrons. The average molecular weight is 749 g/mol.